The lowest BCUT2D eigenvalue weighted by Crippen LogP contribution is -2.43. The second-order valence-electron chi connectivity index (χ2n) is 5.63. The average molecular weight is 311 g/mol. The van der Waals surface area contributed by atoms with E-state index in [2.05, 4.69) is 9.97 Å². The van der Waals surface area contributed by atoms with E-state index < -0.39 is 0 Å². The van der Waals surface area contributed by atoms with Gasteiger partial charge in [-0.3, -0.25) is 4.79 Å². The molecule has 1 aromatic carbocycles. The Morgan fingerprint density at radius 3 is 2.70 bits per heavy atom. The molecule has 0 N–H and O–H groups in total. The molecule has 1 aromatic heterocycles. The number of carbonyl (C=O) groups is 1. The van der Waals surface area contributed by atoms with Gasteiger partial charge in [0.25, 0.3) is 5.91 Å². The number of benzene rings is 1. The van der Waals surface area contributed by atoms with Crippen molar-refractivity contribution in [3.05, 3.63) is 48.3 Å². The van der Waals surface area contributed by atoms with Crippen molar-refractivity contribution >= 4 is 5.91 Å². The van der Waals surface area contributed by atoms with Crippen molar-refractivity contribution in [1.29, 1.82) is 0 Å². The number of hydrogen-bond acceptors (Lipinski definition) is 4. The summed E-state index contributed by atoms with van der Waals surface area (Å²) in [5.74, 6) is 0.613. The highest BCUT2D eigenvalue weighted by atomic mass is 16.5. The van der Waals surface area contributed by atoms with Crippen LogP contribution in [-0.4, -0.2) is 46.6 Å². The summed E-state index contributed by atoms with van der Waals surface area (Å²) in [5, 5.41) is 0. The minimum absolute atomic E-state index is 0.0194. The minimum atomic E-state index is -0.0194. The smallest absolute Gasteiger partial charge is 0.257 e. The van der Waals surface area contributed by atoms with Gasteiger partial charge in [-0.15, -0.1) is 0 Å². The second kappa shape index (κ2) is 7.33. The van der Waals surface area contributed by atoms with Gasteiger partial charge < -0.3 is 9.64 Å². The fourth-order valence-electron chi connectivity index (χ4n) is 2.85. The Balaban J connectivity index is 1.70. The number of amides is 1. The van der Waals surface area contributed by atoms with Gasteiger partial charge in [-0.1, -0.05) is 30.3 Å². The highest BCUT2D eigenvalue weighted by molar-refractivity contribution is 5.93. The molecule has 0 aliphatic carbocycles. The molecule has 1 unspecified atom stereocenters. The monoisotopic (exact) mass is 311 g/mol. The van der Waals surface area contributed by atoms with Crippen molar-refractivity contribution in [2.45, 2.75) is 25.9 Å². The summed E-state index contributed by atoms with van der Waals surface area (Å²) in [6, 6.07) is 9.74. The number of hydrogen-bond donors (Lipinski definition) is 0. The molecule has 2 aromatic rings. The van der Waals surface area contributed by atoms with Crippen LogP contribution in [0.25, 0.3) is 11.4 Å². The largest absolute Gasteiger partial charge is 0.377 e. The summed E-state index contributed by atoms with van der Waals surface area (Å²) in [5.41, 5.74) is 1.47. The first-order valence-corrected chi connectivity index (χ1v) is 8.06. The molecule has 0 radical (unpaired) electrons. The summed E-state index contributed by atoms with van der Waals surface area (Å²) >= 11 is 0. The fourth-order valence-corrected chi connectivity index (χ4v) is 2.85. The Kier molecular flexibility index (Phi) is 4.98. The Bertz CT molecular complexity index is 641. The first-order chi connectivity index (χ1) is 11.3. The third kappa shape index (κ3) is 3.74. The number of nitrogens with zero attached hydrogens (tertiary/aromatic N) is 3. The molecule has 2 heterocycles. The molecule has 1 aliphatic heterocycles. The van der Waals surface area contributed by atoms with Gasteiger partial charge in [0.15, 0.2) is 5.82 Å². The van der Waals surface area contributed by atoms with E-state index in [1.54, 1.807) is 12.4 Å². The van der Waals surface area contributed by atoms with Crippen LogP contribution in [0.4, 0.5) is 0 Å². The van der Waals surface area contributed by atoms with Crippen molar-refractivity contribution in [3.63, 3.8) is 0 Å². The molecule has 120 valence electrons. The van der Waals surface area contributed by atoms with Crippen LogP contribution >= 0.6 is 0 Å². The Morgan fingerprint density at radius 2 is 2.00 bits per heavy atom. The van der Waals surface area contributed by atoms with E-state index >= 15 is 0 Å². The molecule has 1 aliphatic rings. The lowest BCUT2D eigenvalue weighted by Gasteiger charge is -2.32. The van der Waals surface area contributed by atoms with Gasteiger partial charge in [0.1, 0.15) is 0 Å². The second-order valence-corrected chi connectivity index (χ2v) is 5.63. The summed E-state index contributed by atoms with van der Waals surface area (Å²) in [4.78, 5) is 23.1. The van der Waals surface area contributed by atoms with Crippen molar-refractivity contribution in [2.24, 2.45) is 0 Å². The predicted octanol–water partition coefficient (Wildman–Crippen LogP) is 2.78. The maximum Gasteiger partial charge on any atom is 0.257 e. The zero-order valence-corrected chi connectivity index (χ0v) is 13.3. The van der Waals surface area contributed by atoms with E-state index in [-0.39, 0.29) is 12.0 Å². The Labute approximate surface area is 136 Å². The van der Waals surface area contributed by atoms with Crippen LogP contribution in [0.2, 0.25) is 0 Å². The van der Waals surface area contributed by atoms with Crippen LogP contribution in [0, 0.1) is 0 Å². The van der Waals surface area contributed by atoms with Gasteiger partial charge >= 0.3 is 0 Å². The van der Waals surface area contributed by atoms with Gasteiger partial charge in [-0.25, -0.2) is 9.97 Å². The van der Waals surface area contributed by atoms with E-state index in [1.807, 2.05) is 42.2 Å². The normalized spacial score (nSPS) is 18.0. The maximum atomic E-state index is 12.6. The lowest BCUT2D eigenvalue weighted by atomic mass is 10.1. The number of carbonyl (C=O) groups excluding carboxylic acids is 1. The lowest BCUT2D eigenvalue weighted by molar-refractivity contribution is 0.00721. The fraction of sp³-hybridized carbons (Fsp3) is 0.389. The van der Waals surface area contributed by atoms with Crippen molar-refractivity contribution < 1.29 is 9.53 Å². The van der Waals surface area contributed by atoms with Crippen molar-refractivity contribution in [2.75, 3.05) is 19.7 Å². The number of rotatable bonds is 4. The van der Waals surface area contributed by atoms with Crippen molar-refractivity contribution in [3.8, 4) is 11.4 Å². The van der Waals surface area contributed by atoms with Crippen LogP contribution in [0.15, 0.2) is 42.7 Å². The maximum absolute atomic E-state index is 12.6. The van der Waals surface area contributed by atoms with Gasteiger partial charge in [0.2, 0.25) is 0 Å². The molecule has 1 amide bonds. The van der Waals surface area contributed by atoms with E-state index in [9.17, 15) is 4.79 Å². The highest BCUT2D eigenvalue weighted by Gasteiger charge is 2.25. The number of aromatic nitrogens is 2. The molecule has 1 saturated heterocycles. The predicted molar refractivity (Wildman–Crippen MR) is 88.0 cm³/mol. The number of piperidine rings is 1. The zero-order valence-electron chi connectivity index (χ0n) is 13.3. The molecule has 3 rings (SSSR count). The Morgan fingerprint density at radius 1 is 1.26 bits per heavy atom. The molecular weight excluding hydrogens is 290 g/mol. The molecular formula is C18H21N3O2. The van der Waals surface area contributed by atoms with Crippen LogP contribution in [-0.2, 0) is 4.74 Å². The van der Waals surface area contributed by atoms with E-state index in [0.29, 0.717) is 24.5 Å². The van der Waals surface area contributed by atoms with Crippen LogP contribution in [0.1, 0.15) is 30.1 Å². The molecule has 23 heavy (non-hydrogen) atoms. The van der Waals surface area contributed by atoms with Gasteiger partial charge in [0.05, 0.1) is 11.7 Å². The SMILES string of the molecule is CCOC1CCCN(C(=O)c2cnc(-c3ccccc3)nc2)C1. The average Bonchev–Trinajstić information content (AvgIpc) is 2.62. The number of likely N-dealkylation sites (tertiary alicyclic amines) is 1. The molecule has 0 saturated carbocycles. The number of ether oxygens (including phenoxy) is 1. The summed E-state index contributed by atoms with van der Waals surface area (Å²) < 4.78 is 5.65. The van der Waals surface area contributed by atoms with Gasteiger partial charge in [-0.05, 0) is 19.8 Å². The van der Waals surface area contributed by atoms with E-state index in [4.69, 9.17) is 4.74 Å². The molecule has 5 nitrogen and oxygen atoms in total. The van der Waals surface area contributed by atoms with Gasteiger partial charge in [0, 0.05) is 37.7 Å². The highest BCUT2D eigenvalue weighted by Crippen LogP contribution is 2.17. The minimum Gasteiger partial charge on any atom is -0.377 e. The Hall–Kier alpha value is -2.27. The summed E-state index contributed by atoms with van der Waals surface area (Å²) in [6.07, 6.45) is 5.35. The van der Waals surface area contributed by atoms with Crippen LogP contribution < -0.4 is 0 Å². The topological polar surface area (TPSA) is 55.3 Å². The molecule has 0 bridgehead atoms. The molecule has 5 heteroatoms. The van der Waals surface area contributed by atoms with Crippen LogP contribution in [0.5, 0.6) is 0 Å². The summed E-state index contributed by atoms with van der Waals surface area (Å²) in [7, 11) is 0. The van der Waals surface area contributed by atoms with Gasteiger partial charge in [-0.2, -0.15) is 0 Å². The zero-order chi connectivity index (χ0) is 16.1. The molecule has 1 fully saturated rings. The molecule has 1 atom stereocenters. The third-order valence-electron chi connectivity index (χ3n) is 4.00. The molecule has 0 spiro atoms. The first kappa shape index (κ1) is 15.6. The quantitative estimate of drug-likeness (QED) is 0.871. The van der Waals surface area contributed by atoms with E-state index in [1.165, 1.54) is 0 Å². The van der Waals surface area contributed by atoms with E-state index in [0.717, 1.165) is 24.9 Å². The summed E-state index contributed by atoms with van der Waals surface area (Å²) in [6.45, 7) is 4.08. The third-order valence-corrected chi connectivity index (χ3v) is 4.00. The standard InChI is InChI=1S/C18H21N3O2/c1-2-23-16-9-6-10-21(13-16)18(22)15-11-19-17(20-12-15)14-7-4-3-5-8-14/h3-5,7-8,11-12,16H,2,6,9-10,13H2,1H3. The van der Waals surface area contributed by atoms with Crippen molar-refractivity contribution in [1.82, 2.24) is 14.9 Å². The first-order valence-electron chi connectivity index (χ1n) is 8.06. The van der Waals surface area contributed by atoms with Crippen LogP contribution in [0.3, 0.4) is 0 Å².